The third kappa shape index (κ3) is 4.22. The molecule has 0 saturated carbocycles. The minimum Gasteiger partial charge on any atom is -0.313 e. The molecule has 18 heavy (non-hydrogen) atoms. The Kier molecular flexibility index (Phi) is 5.05. The van der Waals surface area contributed by atoms with Gasteiger partial charge in [-0.05, 0) is 40.2 Å². The molecule has 0 aromatic heterocycles. The van der Waals surface area contributed by atoms with Crippen LogP contribution in [0.15, 0.2) is 0 Å². The van der Waals surface area contributed by atoms with Crippen LogP contribution in [0.1, 0.15) is 46.5 Å². The highest BCUT2D eigenvalue weighted by molar-refractivity contribution is 4.84. The Bertz CT molecular complexity index is 231. The number of rotatable bonds is 2. The first-order valence-electron chi connectivity index (χ1n) is 7.76. The molecule has 106 valence electrons. The zero-order valence-electron chi connectivity index (χ0n) is 12.5. The van der Waals surface area contributed by atoms with Crippen LogP contribution in [0.3, 0.4) is 0 Å². The third-order valence-electron chi connectivity index (χ3n) is 4.46. The van der Waals surface area contributed by atoms with Crippen molar-refractivity contribution in [1.29, 1.82) is 0 Å². The molecule has 2 fully saturated rings. The van der Waals surface area contributed by atoms with E-state index in [0.717, 1.165) is 6.04 Å². The van der Waals surface area contributed by atoms with Crippen LogP contribution in [0.4, 0.5) is 0 Å². The van der Waals surface area contributed by atoms with Crippen LogP contribution < -0.4 is 5.32 Å². The maximum atomic E-state index is 3.72. The van der Waals surface area contributed by atoms with Crippen molar-refractivity contribution < 1.29 is 0 Å². The molecule has 3 nitrogen and oxygen atoms in total. The number of hydrogen-bond donors (Lipinski definition) is 1. The van der Waals surface area contributed by atoms with Gasteiger partial charge in [0.05, 0.1) is 0 Å². The van der Waals surface area contributed by atoms with Gasteiger partial charge in [0, 0.05) is 44.3 Å². The van der Waals surface area contributed by atoms with Gasteiger partial charge in [-0.1, -0.05) is 12.8 Å². The lowest BCUT2D eigenvalue weighted by Crippen LogP contribution is -2.55. The number of hydrogen-bond acceptors (Lipinski definition) is 3. The van der Waals surface area contributed by atoms with Gasteiger partial charge in [-0.15, -0.1) is 0 Å². The molecule has 2 saturated heterocycles. The highest BCUT2D eigenvalue weighted by Crippen LogP contribution is 2.17. The normalized spacial score (nSPS) is 29.2. The lowest BCUT2D eigenvalue weighted by atomic mass is 10.0. The number of piperazine rings is 1. The number of nitrogens with one attached hydrogen (secondary N) is 1. The Morgan fingerprint density at radius 3 is 2.39 bits per heavy atom. The van der Waals surface area contributed by atoms with E-state index in [9.17, 15) is 0 Å². The van der Waals surface area contributed by atoms with Gasteiger partial charge < -0.3 is 5.32 Å². The van der Waals surface area contributed by atoms with E-state index in [1.165, 1.54) is 65.0 Å². The Balaban J connectivity index is 1.72. The Hall–Kier alpha value is -0.120. The highest BCUT2D eigenvalue weighted by Gasteiger charge is 2.26. The molecule has 0 aromatic carbocycles. The summed E-state index contributed by atoms with van der Waals surface area (Å²) in [6.07, 6.45) is 5.58. The summed E-state index contributed by atoms with van der Waals surface area (Å²) in [6, 6.07) is 0.744. The molecule has 0 amide bonds. The first-order chi connectivity index (χ1) is 8.55. The van der Waals surface area contributed by atoms with E-state index in [1.54, 1.807) is 0 Å². The fraction of sp³-hybridized carbons (Fsp3) is 1.00. The molecule has 2 rings (SSSR count). The predicted octanol–water partition coefficient (Wildman–Crippen LogP) is 1.93. The summed E-state index contributed by atoms with van der Waals surface area (Å²) in [5, 5.41) is 3.72. The van der Waals surface area contributed by atoms with E-state index in [4.69, 9.17) is 0 Å². The second-order valence-corrected chi connectivity index (χ2v) is 6.96. The Morgan fingerprint density at radius 2 is 1.72 bits per heavy atom. The van der Waals surface area contributed by atoms with Crippen LogP contribution in [-0.4, -0.2) is 60.6 Å². The smallest absolute Gasteiger partial charge is 0.0195 e. The van der Waals surface area contributed by atoms with Gasteiger partial charge in [-0.3, -0.25) is 9.80 Å². The standard InChI is InChI=1S/C15H31N3/c1-15(2,3)18-11-9-17(10-12-18)13-14-7-5-4-6-8-16-14/h14,16H,4-13H2,1-3H3. The summed E-state index contributed by atoms with van der Waals surface area (Å²) in [4.78, 5) is 5.27. The molecule has 2 aliphatic rings. The summed E-state index contributed by atoms with van der Waals surface area (Å²) >= 11 is 0. The van der Waals surface area contributed by atoms with Gasteiger partial charge in [0.25, 0.3) is 0 Å². The van der Waals surface area contributed by atoms with Crippen molar-refractivity contribution in [3.63, 3.8) is 0 Å². The molecule has 0 aromatic rings. The predicted molar refractivity (Wildman–Crippen MR) is 78.0 cm³/mol. The summed E-state index contributed by atoms with van der Waals surface area (Å²) in [7, 11) is 0. The molecule has 1 unspecified atom stereocenters. The quantitative estimate of drug-likeness (QED) is 0.811. The molecule has 1 atom stereocenters. The van der Waals surface area contributed by atoms with E-state index in [0.29, 0.717) is 5.54 Å². The van der Waals surface area contributed by atoms with Crippen LogP contribution in [-0.2, 0) is 0 Å². The van der Waals surface area contributed by atoms with Crippen molar-refractivity contribution >= 4 is 0 Å². The van der Waals surface area contributed by atoms with Crippen LogP contribution in [0.5, 0.6) is 0 Å². The highest BCUT2D eigenvalue weighted by atomic mass is 15.3. The summed E-state index contributed by atoms with van der Waals surface area (Å²) in [5.41, 5.74) is 0.340. The lowest BCUT2D eigenvalue weighted by molar-refractivity contribution is 0.0578. The topological polar surface area (TPSA) is 18.5 Å². The van der Waals surface area contributed by atoms with Crippen LogP contribution in [0, 0.1) is 0 Å². The van der Waals surface area contributed by atoms with Crippen molar-refractivity contribution in [3.05, 3.63) is 0 Å². The average Bonchev–Trinajstić information content (AvgIpc) is 2.57. The maximum Gasteiger partial charge on any atom is 0.0195 e. The minimum atomic E-state index is 0.340. The van der Waals surface area contributed by atoms with Crippen LogP contribution in [0.25, 0.3) is 0 Å². The van der Waals surface area contributed by atoms with Gasteiger partial charge in [0.1, 0.15) is 0 Å². The Morgan fingerprint density at radius 1 is 1.00 bits per heavy atom. The fourth-order valence-electron chi connectivity index (χ4n) is 3.17. The largest absolute Gasteiger partial charge is 0.313 e. The molecule has 0 bridgehead atoms. The maximum absolute atomic E-state index is 3.72. The van der Waals surface area contributed by atoms with E-state index in [2.05, 4.69) is 35.9 Å². The monoisotopic (exact) mass is 253 g/mol. The molecule has 2 aliphatic heterocycles. The third-order valence-corrected chi connectivity index (χ3v) is 4.46. The van der Waals surface area contributed by atoms with Crippen molar-refractivity contribution in [3.8, 4) is 0 Å². The fourth-order valence-corrected chi connectivity index (χ4v) is 3.17. The van der Waals surface area contributed by atoms with Crippen molar-refractivity contribution in [1.82, 2.24) is 15.1 Å². The molecule has 0 aliphatic carbocycles. The van der Waals surface area contributed by atoms with Crippen molar-refractivity contribution in [2.45, 2.75) is 58.0 Å². The molecule has 2 heterocycles. The second-order valence-electron chi connectivity index (χ2n) is 6.96. The zero-order valence-corrected chi connectivity index (χ0v) is 12.5. The van der Waals surface area contributed by atoms with Gasteiger partial charge in [-0.25, -0.2) is 0 Å². The molecule has 0 radical (unpaired) electrons. The summed E-state index contributed by atoms with van der Waals surface area (Å²) in [5.74, 6) is 0. The van der Waals surface area contributed by atoms with Crippen molar-refractivity contribution in [2.24, 2.45) is 0 Å². The zero-order chi connectivity index (χ0) is 13.0. The molecule has 3 heteroatoms. The summed E-state index contributed by atoms with van der Waals surface area (Å²) in [6.45, 7) is 14.4. The van der Waals surface area contributed by atoms with Crippen molar-refractivity contribution in [2.75, 3.05) is 39.3 Å². The van der Waals surface area contributed by atoms with Crippen LogP contribution in [0.2, 0.25) is 0 Å². The second kappa shape index (κ2) is 6.36. The molecule has 0 spiro atoms. The number of nitrogens with zero attached hydrogens (tertiary/aromatic N) is 2. The van der Waals surface area contributed by atoms with E-state index >= 15 is 0 Å². The van der Waals surface area contributed by atoms with E-state index < -0.39 is 0 Å². The minimum absolute atomic E-state index is 0.340. The van der Waals surface area contributed by atoms with Gasteiger partial charge in [-0.2, -0.15) is 0 Å². The SMILES string of the molecule is CC(C)(C)N1CCN(CC2CCCCCN2)CC1. The molecular formula is C15H31N3. The van der Waals surface area contributed by atoms with Gasteiger partial charge >= 0.3 is 0 Å². The summed E-state index contributed by atoms with van der Waals surface area (Å²) < 4.78 is 0. The van der Waals surface area contributed by atoms with Crippen LogP contribution >= 0.6 is 0 Å². The van der Waals surface area contributed by atoms with E-state index in [-0.39, 0.29) is 0 Å². The first kappa shape index (κ1) is 14.3. The first-order valence-corrected chi connectivity index (χ1v) is 7.76. The van der Waals surface area contributed by atoms with E-state index in [1.807, 2.05) is 0 Å². The molecular weight excluding hydrogens is 222 g/mol. The average molecular weight is 253 g/mol. The van der Waals surface area contributed by atoms with Gasteiger partial charge in [0.15, 0.2) is 0 Å². The Labute approximate surface area is 113 Å². The van der Waals surface area contributed by atoms with Gasteiger partial charge in [0.2, 0.25) is 0 Å². The lowest BCUT2D eigenvalue weighted by Gasteiger charge is -2.43. The molecule has 1 N–H and O–H groups in total.